The van der Waals surface area contributed by atoms with Crippen LogP contribution in [0.2, 0.25) is 0 Å². The molecule has 24 heavy (non-hydrogen) atoms. The van der Waals surface area contributed by atoms with Crippen molar-refractivity contribution >= 4 is 11.2 Å². The number of alkyl halides is 3. The van der Waals surface area contributed by atoms with Crippen molar-refractivity contribution in [3.63, 3.8) is 0 Å². The zero-order valence-electron chi connectivity index (χ0n) is 12.5. The molecule has 3 aromatic rings. The zero-order valence-corrected chi connectivity index (χ0v) is 12.5. The van der Waals surface area contributed by atoms with Crippen LogP contribution in [0.25, 0.3) is 22.3 Å². The molecule has 0 radical (unpaired) electrons. The van der Waals surface area contributed by atoms with E-state index in [1.807, 2.05) is 25.1 Å². The van der Waals surface area contributed by atoms with Gasteiger partial charge in [-0.15, -0.1) is 10.2 Å². The fourth-order valence-corrected chi connectivity index (χ4v) is 2.36. The molecule has 0 atom stereocenters. The van der Waals surface area contributed by atoms with Crippen LogP contribution in [0.1, 0.15) is 18.3 Å². The second kappa shape index (κ2) is 5.81. The molecule has 120 valence electrons. The van der Waals surface area contributed by atoms with E-state index >= 15 is 0 Å². The van der Waals surface area contributed by atoms with Crippen molar-refractivity contribution in [2.75, 3.05) is 0 Å². The maximum absolute atomic E-state index is 12.9. The molecule has 0 fully saturated rings. The summed E-state index contributed by atoms with van der Waals surface area (Å²) >= 11 is 0. The molecule has 2 aromatic heterocycles. The second-order valence-corrected chi connectivity index (χ2v) is 5.20. The van der Waals surface area contributed by atoms with E-state index in [0.717, 1.165) is 21.1 Å². The molecule has 4 nitrogen and oxygen atoms in total. The van der Waals surface area contributed by atoms with Gasteiger partial charge in [0.1, 0.15) is 0 Å². The van der Waals surface area contributed by atoms with E-state index in [9.17, 15) is 13.2 Å². The summed E-state index contributed by atoms with van der Waals surface area (Å²) in [5.41, 5.74) is 3.20. The van der Waals surface area contributed by atoms with Gasteiger partial charge in [0.15, 0.2) is 5.65 Å². The number of benzene rings is 1. The van der Waals surface area contributed by atoms with Gasteiger partial charge in [0, 0.05) is 12.3 Å². The maximum atomic E-state index is 12.9. The van der Waals surface area contributed by atoms with Crippen LogP contribution in [-0.2, 0) is 6.18 Å². The molecule has 2 heterocycles. The lowest BCUT2D eigenvalue weighted by atomic mass is 10.0. The van der Waals surface area contributed by atoms with Gasteiger partial charge in [-0.05, 0) is 41.3 Å². The predicted octanol–water partition coefficient (Wildman–Crippen LogP) is 4.34. The molecule has 0 N–H and O–H groups in total. The van der Waals surface area contributed by atoms with Crippen molar-refractivity contribution in [2.24, 2.45) is 0 Å². The fourth-order valence-electron chi connectivity index (χ4n) is 2.36. The molecule has 0 aliphatic heterocycles. The van der Waals surface area contributed by atoms with E-state index in [4.69, 9.17) is 5.26 Å². The predicted molar refractivity (Wildman–Crippen MR) is 82.7 cm³/mol. The van der Waals surface area contributed by atoms with Crippen LogP contribution in [0, 0.1) is 11.3 Å². The lowest BCUT2D eigenvalue weighted by molar-refractivity contribution is -0.145. The molecule has 0 saturated carbocycles. The standard InChI is InChI=1S/C17H11F3N4/c1-11(8-9-21)12-2-4-13(5-3-12)14-6-7-15-22-23-16(17(18,19)20)24(15)10-14/h2-8,10H,1H3. The summed E-state index contributed by atoms with van der Waals surface area (Å²) in [7, 11) is 0. The summed E-state index contributed by atoms with van der Waals surface area (Å²) in [4.78, 5) is 0. The van der Waals surface area contributed by atoms with Gasteiger partial charge in [0.25, 0.3) is 0 Å². The first kappa shape index (κ1) is 15.7. The average Bonchev–Trinajstić information content (AvgIpc) is 2.98. The highest BCUT2D eigenvalue weighted by atomic mass is 19.4. The average molecular weight is 328 g/mol. The zero-order chi connectivity index (χ0) is 17.3. The Labute approximate surface area is 135 Å². The van der Waals surface area contributed by atoms with E-state index < -0.39 is 12.0 Å². The molecule has 0 spiro atoms. The van der Waals surface area contributed by atoms with Gasteiger partial charge in [-0.2, -0.15) is 18.4 Å². The van der Waals surface area contributed by atoms with Gasteiger partial charge in [0.05, 0.1) is 6.07 Å². The Hall–Kier alpha value is -3.14. The minimum Gasteiger partial charge on any atom is -0.278 e. The highest BCUT2D eigenvalue weighted by Crippen LogP contribution is 2.29. The first-order chi connectivity index (χ1) is 11.4. The number of nitriles is 1. The summed E-state index contributed by atoms with van der Waals surface area (Å²) in [5.74, 6) is -1.05. The van der Waals surface area contributed by atoms with Crippen molar-refractivity contribution in [3.05, 3.63) is 60.1 Å². The Morgan fingerprint density at radius 2 is 1.75 bits per heavy atom. The maximum Gasteiger partial charge on any atom is 0.452 e. The van der Waals surface area contributed by atoms with Crippen LogP contribution in [0.4, 0.5) is 13.2 Å². The van der Waals surface area contributed by atoms with Gasteiger partial charge >= 0.3 is 6.18 Å². The number of hydrogen-bond donors (Lipinski definition) is 0. The van der Waals surface area contributed by atoms with Gasteiger partial charge in [-0.3, -0.25) is 4.40 Å². The third-order valence-electron chi connectivity index (χ3n) is 3.61. The molecular weight excluding hydrogens is 317 g/mol. The number of rotatable bonds is 2. The highest BCUT2D eigenvalue weighted by molar-refractivity contribution is 5.71. The summed E-state index contributed by atoms with van der Waals surface area (Å²) in [6.45, 7) is 1.82. The molecule has 3 rings (SSSR count). The molecule has 0 saturated heterocycles. The minimum absolute atomic E-state index is 0.135. The van der Waals surface area contributed by atoms with Crippen LogP contribution in [0.3, 0.4) is 0 Å². The van der Waals surface area contributed by atoms with E-state index in [2.05, 4.69) is 10.2 Å². The highest BCUT2D eigenvalue weighted by Gasteiger charge is 2.36. The Morgan fingerprint density at radius 3 is 2.38 bits per heavy atom. The molecule has 0 unspecified atom stereocenters. The van der Waals surface area contributed by atoms with Gasteiger partial charge in [0.2, 0.25) is 5.82 Å². The third-order valence-corrected chi connectivity index (χ3v) is 3.61. The van der Waals surface area contributed by atoms with Crippen LogP contribution in [-0.4, -0.2) is 14.6 Å². The van der Waals surface area contributed by atoms with Gasteiger partial charge in [-0.1, -0.05) is 24.3 Å². The first-order valence-corrected chi connectivity index (χ1v) is 6.99. The van der Waals surface area contributed by atoms with Crippen molar-refractivity contribution < 1.29 is 13.2 Å². The molecule has 0 bridgehead atoms. The normalized spacial score (nSPS) is 12.4. The van der Waals surface area contributed by atoms with Crippen LogP contribution in [0.5, 0.6) is 0 Å². The van der Waals surface area contributed by atoms with E-state index in [0.29, 0.717) is 5.56 Å². The van der Waals surface area contributed by atoms with Crippen LogP contribution in [0.15, 0.2) is 48.7 Å². The molecule has 7 heteroatoms. The van der Waals surface area contributed by atoms with E-state index in [-0.39, 0.29) is 5.65 Å². The number of hydrogen-bond acceptors (Lipinski definition) is 3. The number of nitrogens with zero attached hydrogens (tertiary/aromatic N) is 4. The van der Waals surface area contributed by atoms with Gasteiger partial charge in [-0.25, -0.2) is 0 Å². The Kier molecular flexibility index (Phi) is 3.81. The monoisotopic (exact) mass is 328 g/mol. The summed E-state index contributed by atoms with van der Waals surface area (Å²) in [6, 6.07) is 12.4. The molecule has 0 amide bonds. The molecule has 0 aliphatic carbocycles. The largest absolute Gasteiger partial charge is 0.452 e. The Balaban J connectivity index is 2.04. The van der Waals surface area contributed by atoms with Crippen LogP contribution >= 0.6 is 0 Å². The van der Waals surface area contributed by atoms with Crippen molar-refractivity contribution in [3.8, 4) is 17.2 Å². The molecular formula is C17H11F3N4. The third kappa shape index (κ3) is 2.86. The smallest absolute Gasteiger partial charge is 0.278 e. The lowest BCUT2D eigenvalue weighted by Gasteiger charge is -2.07. The first-order valence-electron chi connectivity index (χ1n) is 6.99. The quantitative estimate of drug-likeness (QED) is 0.658. The van der Waals surface area contributed by atoms with E-state index in [1.165, 1.54) is 18.3 Å². The topological polar surface area (TPSA) is 54.0 Å². The number of fused-ring (bicyclic) bond motifs is 1. The lowest BCUT2D eigenvalue weighted by Crippen LogP contribution is -2.10. The van der Waals surface area contributed by atoms with Crippen molar-refractivity contribution in [1.82, 2.24) is 14.6 Å². The second-order valence-electron chi connectivity index (χ2n) is 5.20. The Bertz CT molecular complexity index is 960. The minimum atomic E-state index is -4.57. The summed E-state index contributed by atoms with van der Waals surface area (Å²) in [6.07, 6.45) is -1.76. The van der Waals surface area contributed by atoms with Crippen molar-refractivity contribution in [2.45, 2.75) is 13.1 Å². The molecule has 1 aromatic carbocycles. The summed E-state index contributed by atoms with van der Waals surface area (Å²) < 4.78 is 39.8. The number of halogens is 3. The number of pyridine rings is 1. The molecule has 0 aliphatic rings. The fraction of sp³-hybridized carbons (Fsp3) is 0.118. The SMILES string of the molecule is CC(=CC#N)c1ccc(-c2ccc3nnc(C(F)(F)F)n3c2)cc1. The van der Waals surface area contributed by atoms with Crippen LogP contribution < -0.4 is 0 Å². The van der Waals surface area contributed by atoms with E-state index in [1.54, 1.807) is 18.2 Å². The number of aromatic nitrogens is 3. The number of allylic oxidation sites excluding steroid dienone is 2. The Morgan fingerprint density at radius 1 is 1.08 bits per heavy atom. The van der Waals surface area contributed by atoms with Gasteiger partial charge < -0.3 is 0 Å². The summed E-state index contributed by atoms with van der Waals surface area (Å²) in [5, 5.41) is 15.4. The van der Waals surface area contributed by atoms with Crippen molar-refractivity contribution in [1.29, 1.82) is 5.26 Å².